The number of benzene rings is 1. The van der Waals surface area contributed by atoms with Crippen LogP contribution in [0.25, 0.3) is 0 Å². The van der Waals surface area contributed by atoms with Crippen LogP contribution in [0.3, 0.4) is 0 Å². The highest BCUT2D eigenvalue weighted by atomic mass is 127. The smallest absolute Gasteiger partial charge is 0.188 e. The third-order valence-electron chi connectivity index (χ3n) is 4.64. The fourth-order valence-electron chi connectivity index (χ4n) is 3.01. The highest BCUT2D eigenvalue weighted by Crippen LogP contribution is 2.03. The molecular weight excluding hydrogens is 425 g/mol. The van der Waals surface area contributed by atoms with Crippen LogP contribution in [0.1, 0.15) is 25.3 Å². The molecule has 1 aromatic carbocycles. The van der Waals surface area contributed by atoms with Gasteiger partial charge >= 0.3 is 0 Å². The first-order valence-electron chi connectivity index (χ1n) is 9.30. The van der Waals surface area contributed by atoms with Gasteiger partial charge in [0.1, 0.15) is 0 Å². The molecule has 1 heterocycles. The lowest BCUT2D eigenvalue weighted by molar-refractivity contribution is 0.136. The van der Waals surface area contributed by atoms with Crippen LogP contribution in [0.4, 0.5) is 0 Å². The van der Waals surface area contributed by atoms with Crippen molar-refractivity contribution in [3.8, 4) is 0 Å². The van der Waals surface area contributed by atoms with Crippen molar-refractivity contribution in [3.63, 3.8) is 0 Å². The molecule has 1 fully saturated rings. The van der Waals surface area contributed by atoms with Gasteiger partial charge in [-0.05, 0) is 37.9 Å². The van der Waals surface area contributed by atoms with E-state index in [-0.39, 0.29) is 24.0 Å². The van der Waals surface area contributed by atoms with Crippen LogP contribution >= 0.6 is 24.0 Å². The summed E-state index contributed by atoms with van der Waals surface area (Å²) in [5.74, 6) is 0.572. The average molecular weight is 459 g/mol. The molecule has 25 heavy (non-hydrogen) atoms. The lowest BCUT2D eigenvalue weighted by Crippen LogP contribution is -2.46. The molecule has 1 aliphatic rings. The first-order chi connectivity index (χ1) is 11.8. The van der Waals surface area contributed by atoms with Crippen LogP contribution in [0.15, 0.2) is 35.3 Å². The fraction of sp³-hybridized carbons (Fsp3) is 0.632. The third-order valence-corrected chi connectivity index (χ3v) is 4.64. The monoisotopic (exact) mass is 459 g/mol. The summed E-state index contributed by atoms with van der Waals surface area (Å²) in [6.45, 7) is 11.1. The molecular formula is C19H34IN5. The Balaban J connectivity index is 0.00000312. The summed E-state index contributed by atoms with van der Waals surface area (Å²) in [6, 6.07) is 10.4. The summed E-state index contributed by atoms with van der Waals surface area (Å²) in [7, 11) is 0. The van der Waals surface area contributed by atoms with Gasteiger partial charge in [0.05, 0.1) is 0 Å². The molecule has 142 valence electrons. The summed E-state index contributed by atoms with van der Waals surface area (Å²) in [6.07, 6.45) is 3.28. The highest BCUT2D eigenvalue weighted by Gasteiger charge is 2.14. The van der Waals surface area contributed by atoms with Crippen LogP contribution in [0.5, 0.6) is 0 Å². The summed E-state index contributed by atoms with van der Waals surface area (Å²) < 4.78 is 0. The van der Waals surface area contributed by atoms with Crippen LogP contribution in [0, 0.1) is 0 Å². The van der Waals surface area contributed by atoms with E-state index in [1.54, 1.807) is 0 Å². The fourth-order valence-corrected chi connectivity index (χ4v) is 3.01. The molecule has 3 N–H and O–H groups in total. The predicted molar refractivity (Wildman–Crippen MR) is 118 cm³/mol. The number of unbranched alkanes of at least 4 members (excludes halogenated alkanes) is 1. The molecule has 5 nitrogen and oxygen atoms in total. The van der Waals surface area contributed by atoms with Gasteiger partial charge in [0.15, 0.2) is 5.96 Å². The Labute approximate surface area is 170 Å². The second-order valence-electron chi connectivity index (χ2n) is 6.41. The van der Waals surface area contributed by atoms with Crippen molar-refractivity contribution in [1.29, 1.82) is 0 Å². The number of piperazine rings is 1. The Morgan fingerprint density at radius 2 is 1.76 bits per heavy atom. The Morgan fingerprint density at radius 3 is 2.44 bits per heavy atom. The number of aliphatic imine (C=N–C) groups is 1. The van der Waals surface area contributed by atoms with E-state index in [1.807, 2.05) is 6.07 Å². The Hall–Kier alpha value is -0.860. The number of nitrogens with one attached hydrogen (secondary N) is 1. The van der Waals surface area contributed by atoms with E-state index >= 15 is 0 Å². The number of likely N-dealkylation sites (N-methyl/N-ethyl adjacent to an activating group) is 1. The first-order valence-corrected chi connectivity index (χ1v) is 9.30. The van der Waals surface area contributed by atoms with Crippen LogP contribution in [-0.4, -0.2) is 68.1 Å². The minimum absolute atomic E-state index is 0. The number of rotatable bonds is 9. The topological polar surface area (TPSA) is 56.9 Å². The third kappa shape index (κ3) is 9.42. The van der Waals surface area contributed by atoms with E-state index in [9.17, 15) is 0 Å². The van der Waals surface area contributed by atoms with Gasteiger partial charge in [0, 0.05) is 39.3 Å². The lowest BCUT2D eigenvalue weighted by Gasteiger charge is -2.33. The largest absolute Gasteiger partial charge is 0.370 e. The highest BCUT2D eigenvalue weighted by molar-refractivity contribution is 14.0. The maximum atomic E-state index is 5.92. The Bertz CT molecular complexity index is 472. The van der Waals surface area contributed by atoms with Gasteiger partial charge in [-0.1, -0.05) is 37.3 Å². The number of hydrogen-bond acceptors (Lipinski definition) is 3. The molecule has 2 rings (SSSR count). The van der Waals surface area contributed by atoms with Gasteiger partial charge in [-0.3, -0.25) is 4.99 Å². The first kappa shape index (κ1) is 22.2. The lowest BCUT2D eigenvalue weighted by atomic mass is 10.1. The number of guanidine groups is 1. The average Bonchev–Trinajstić information content (AvgIpc) is 2.63. The van der Waals surface area contributed by atoms with Crippen molar-refractivity contribution in [1.82, 2.24) is 15.1 Å². The zero-order valence-electron chi connectivity index (χ0n) is 15.5. The molecule has 0 radical (unpaired) electrons. The molecule has 0 aromatic heterocycles. The predicted octanol–water partition coefficient (Wildman–Crippen LogP) is 2.17. The van der Waals surface area contributed by atoms with Gasteiger partial charge in [-0.2, -0.15) is 0 Å². The van der Waals surface area contributed by atoms with Crippen molar-refractivity contribution < 1.29 is 0 Å². The number of halogens is 1. The molecule has 0 aliphatic carbocycles. The number of hydrogen-bond donors (Lipinski definition) is 2. The second-order valence-corrected chi connectivity index (χ2v) is 6.41. The van der Waals surface area contributed by atoms with Gasteiger partial charge in [-0.15, -0.1) is 24.0 Å². The van der Waals surface area contributed by atoms with Crippen molar-refractivity contribution in [3.05, 3.63) is 35.9 Å². The zero-order valence-corrected chi connectivity index (χ0v) is 17.8. The SMILES string of the molecule is CCN1CCN(CCCCN=C(N)NCCc2ccccc2)CC1.I. The maximum absolute atomic E-state index is 5.92. The van der Waals surface area contributed by atoms with E-state index in [0.717, 1.165) is 25.9 Å². The van der Waals surface area contributed by atoms with E-state index in [2.05, 4.69) is 51.3 Å². The number of nitrogens with two attached hydrogens (primary N) is 1. The van der Waals surface area contributed by atoms with E-state index in [1.165, 1.54) is 51.3 Å². The number of nitrogens with zero attached hydrogens (tertiary/aromatic N) is 3. The second kappa shape index (κ2) is 13.4. The summed E-state index contributed by atoms with van der Waals surface area (Å²) in [4.78, 5) is 9.50. The molecule has 6 heteroatoms. The summed E-state index contributed by atoms with van der Waals surface area (Å²) >= 11 is 0. The van der Waals surface area contributed by atoms with E-state index in [0.29, 0.717) is 5.96 Å². The minimum Gasteiger partial charge on any atom is -0.370 e. The van der Waals surface area contributed by atoms with Crippen molar-refractivity contribution in [2.45, 2.75) is 26.2 Å². The molecule has 1 saturated heterocycles. The van der Waals surface area contributed by atoms with E-state index in [4.69, 9.17) is 5.73 Å². The zero-order chi connectivity index (χ0) is 17.0. The molecule has 0 saturated carbocycles. The van der Waals surface area contributed by atoms with Crippen molar-refractivity contribution in [2.24, 2.45) is 10.7 Å². The summed E-state index contributed by atoms with van der Waals surface area (Å²) in [5, 5.41) is 3.19. The standard InChI is InChI=1S/C19H33N5.HI/c1-2-23-14-16-24(17-15-23)13-7-6-11-21-19(20)22-12-10-18-8-4-3-5-9-18;/h3-5,8-9H,2,6-7,10-17H2,1H3,(H3,20,21,22);1H. The molecule has 0 spiro atoms. The van der Waals surface area contributed by atoms with Gasteiger partial charge < -0.3 is 20.9 Å². The minimum atomic E-state index is 0. The molecule has 0 bridgehead atoms. The van der Waals surface area contributed by atoms with Crippen LogP contribution in [-0.2, 0) is 6.42 Å². The van der Waals surface area contributed by atoms with Crippen LogP contribution in [0.2, 0.25) is 0 Å². The Morgan fingerprint density at radius 1 is 1.08 bits per heavy atom. The Kier molecular flexibility index (Phi) is 11.9. The van der Waals surface area contributed by atoms with Crippen LogP contribution < -0.4 is 11.1 Å². The quantitative estimate of drug-likeness (QED) is 0.257. The summed E-state index contributed by atoms with van der Waals surface area (Å²) in [5.41, 5.74) is 7.24. The maximum Gasteiger partial charge on any atom is 0.188 e. The van der Waals surface area contributed by atoms with Crippen molar-refractivity contribution >= 4 is 29.9 Å². The molecule has 1 aliphatic heterocycles. The molecule has 0 atom stereocenters. The normalized spacial score (nSPS) is 16.4. The molecule has 0 unspecified atom stereocenters. The van der Waals surface area contributed by atoms with Gasteiger partial charge in [0.2, 0.25) is 0 Å². The van der Waals surface area contributed by atoms with E-state index < -0.39 is 0 Å². The van der Waals surface area contributed by atoms with Crippen molar-refractivity contribution in [2.75, 3.05) is 52.4 Å². The molecule has 0 amide bonds. The van der Waals surface area contributed by atoms with Gasteiger partial charge in [-0.25, -0.2) is 0 Å². The molecule has 1 aromatic rings. The van der Waals surface area contributed by atoms with Gasteiger partial charge in [0.25, 0.3) is 0 Å².